The minimum atomic E-state index is -0.984. The third-order valence-electron chi connectivity index (χ3n) is 5.12. The summed E-state index contributed by atoms with van der Waals surface area (Å²) in [6.07, 6.45) is 2.24. The van der Waals surface area contributed by atoms with E-state index in [4.69, 9.17) is 0 Å². The van der Waals surface area contributed by atoms with Gasteiger partial charge in [-0.25, -0.2) is 4.98 Å². The molecule has 2 N–H and O–H groups in total. The largest absolute Gasteiger partial charge is 0.348 e. The number of fused-ring (bicyclic) bond motifs is 1. The predicted molar refractivity (Wildman–Crippen MR) is 107 cm³/mol. The van der Waals surface area contributed by atoms with Crippen LogP contribution in [-0.2, 0) is 0 Å². The number of aromatic amines is 1. The van der Waals surface area contributed by atoms with Crippen LogP contribution in [-0.4, -0.2) is 30.0 Å². The zero-order chi connectivity index (χ0) is 17.4. The maximum Gasteiger partial charge on any atom is 0.268 e. The lowest BCUT2D eigenvalue weighted by Crippen LogP contribution is -2.42. The number of carbonyl (C=O) groups is 1. The Morgan fingerprint density at radius 1 is 1.24 bits per heavy atom. The number of amides is 1. The summed E-state index contributed by atoms with van der Waals surface area (Å²) < 4.78 is 1.03. The Labute approximate surface area is 152 Å². The average Bonchev–Trinajstić information content (AvgIpc) is 3.16. The standard InChI is InChI=1S/C19H23N3OSSi/c1-25(2)10-8-14(9-11-25)20-18(23)15-12-16-17(21-15)22-19(24-16)13-6-4-3-5-7-13/h3-7,12,14,21H,8-11H2,1-2H3,(H,20,23). The Hall–Kier alpha value is -1.92. The van der Waals surface area contributed by atoms with Gasteiger partial charge in [0.1, 0.15) is 16.3 Å². The van der Waals surface area contributed by atoms with Crippen LogP contribution >= 0.6 is 11.3 Å². The van der Waals surface area contributed by atoms with Gasteiger partial charge in [0.25, 0.3) is 5.91 Å². The monoisotopic (exact) mass is 369 g/mol. The summed E-state index contributed by atoms with van der Waals surface area (Å²) in [7, 11) is -0.984. The topological polar surface area (TPSA) is 57.8 Å². The molecule has 0 spiro atoms. The van der Waals surface area contributed by atoms with E-state index in [0.717, 1.165) is 33.8 Å². The third kappa shape index (κ3) is 3.55. The van der Waals surface area contributed by atoms with E-state index < -0.39 is 8.07 Å². The molecule has 6 heteroatoms. The molecular weight excluding hydrogens is 346 g/mol. The maximum atomic E-state index is 12.5. The van der Waals surface area contributed by atoms with Crippen LogP contribution in [0.5, 0.6) is 0 Å². The van der Waals surface area contributed by atoms with Crippen molar-refractivity contribution < 1.29 is 4.79 Å². The quantitative estimate of drug-likeness (QED) is 0.646. The molecule has 1 aliphatic heterocycles. The molecule has 4 rings (SSSR count). The van der Waals surface area contributed by atoms with E-state index in [0.29, 0.717) is 11.7 Å². The molecule has 0 saturated carbocycles. The van der Waals surface area contributed by atoms with Gasteiger partial charge in [-0.05, 0) is 18.9 Å². The van der Waals surface area contributed by atoms with Crippen molar-refractivity contribution in [2.45, 2.75) is 44.1 Å². The second-order valence-electron chi connectivity index (χ2n) is 7.69. The van der Waals surface area contributed by atoms with Crippen LogP contribution in [0.1, 0.15) is 23.3 Å². The van der Waals surface area contributed by atoms with Crippen LogP contribution in [0, 0.1) is 0 Å². The second kappa shape index (κ2) is 6.42. The first-order valence-electron chi connectivity index (χ1n) is 8.86. The number of hydrogen-bond donors (Lipinski definition) is 2. The van der Waals surface area contributed by atoms with Crippen molar-refractivity contribution in [3.8, 4) is 10.6 Å². The molecule has 0 aliphatic carbocycles. The van der Waals surface area contributed by atoms with Crippen LogP contribution < -0.4 is 5.32 Å². The summed E-state index contributed by atoms with van der Waals surface area (Å²) in [6, 6.07) is 15.0. The number of benzene rings is 1. The van der Waals surface area contributed by atoms with Crippen LogP contribution in [0.2, 0.25) is 25.2 Å². The summed E-state index contributed by atoms with van der Waals surface area (Å²) in [5.74, 6) is -0.00201. The lowest BCUT2D eigenvalue weighted by Gasteiger charge is -2.33. The number of thiazole rings is 1. The first-order valence-corrected chi connectivity index (χ1v) is 13.1. The number of carbonyl (C=O) groups excluding carboxylic acids is 1. The molecular formula is C19H23N3OSSi. The van der Waals surface area contributed by atoms with Gasteiger partial charge in [-0.15, -0.1) is 11.3 Å². The molecule has 3 heterocycles. The predicted octanol–water partition coefficient (Wildman–Crippen LogP) is 4.89. The zero-order valence-corrected chi connectivity index (χ0v) is 16.5. The van der Waals surface area contributed by atoms with Gasteiger partial charge in [0.15, 0.2) is 0 Å². The number of nitrogens with zero attached hydrogens (tertiary/aromatic N) is 1. The van der Waals surface area contributed by atoms with Crippen LogP contribution in [0.15, 0.2) is 36.4 Å². The summed E-state index contributed by atoms with van der Waals surface area (Å²) in [4.78, 5) is 20.4. The number of aromatic nitrogens is 2. The fraction of sp³-hybridized carbons (Fsp3) is 0.368. The molecule has 3 aromatic rings. The molecule has 1 fully saturated rings. The molecule has 1 amide bonds. The molecule has 1 aromatic carbocycles. The van der Waals surface area contributed by atoms with Crippen LogP contribution in [0.3, 0.4) is 0 Å². The van der Waals surface area contributed by atoms with E-state index in [-0.39, 0.29) is 5.91 Å². The molecule has 0 atom stereocenters. The SMILES string of the molecule is C[Si]1(C)CCC(NC(=O)c2cc3sc(-c4ccccc4)nc3[nH]2)CC1. The van der Waals surface area contributed by atoms with Crippen LogP contribution in [0.25, 0.3) is 20.9 Å². The molecule has 1 aliphatic rings. The van der Waals surface area contributed by atoms with E-state index in [2.05, 4.69) is 40.5 Å². The number of hydrogen-bond acceptors (Lipinski definition) is 3. The van der Waals surface area contributed by atoms with Gasteiger partial charge in [0, 0.05) is 19.7 Å². The van der Waals surface area contributed by atoms with Gasteiger partial charge in [-0.2, -0.15) is 0 Å². The van der Waals surface area contributed by atoms with E-state index in [1.807, 2.05) is 24.3 Å². The second-order valence-corrected chi connectivity index (χ2v) is 14.1. The minimum Gasteiger partial charge on any atom is -0.348 e. The van der Waals surface area contributed by atoms with Gasteiger partial charge in [0.2, 0.25) is 0 Å². The molecule has 25 heavy (non-hydrogen) atoms. The summed E-state index contributed by atoms with van der Waals surface area (Å²) in [5.41, 5.74) is 2.53. The fourth-order valence-corrected chi connectivity index (χ4v) is 6.93. The van der Waals surface area contributed by atoms with Crippen LogP contribution in [0.4, 0.5) is 0 Å². The van der Waals surface area contributed by atoms with E-state index in [9.17, 15) is 4.79 Å². The first kappa shape index (κ1) is 16.5. The zero-order valence-electron chi connectivity index (χ0n) is 14.6. The van der Waals surface area contributed by atoms with Gasteiger partial charge in [-0.3, -0.25) is 4.79 Å². The minimum absolute atomic E-state index is 0.00201. The Bertz CT molecular complexity index is 858. The highest BCUT2D eigenvalue weighted by Crippen LogP contribution is 2.31. The lowest BCUT2D eigenvalue weighted by atomic mass is 10.1. The van der Waals surface area contributed by atoms with Crippen molar-refractivity contribution in [2.24, 2.45) is 0 Å². The number of nitrogens with one attached hydrogen (secondary N) is 2. The number of rotatable bonds is 3. The van der Waals surface area contributed by atoms with Gasteiger partial charge >= 0.3 is 0 Å². The fourth-order valence-electron chi connectivity index (χ4n) is 3.45. The molecule has 4 nitrogen and oxygen atoms in total. The Morgan fingerprint density at radius 2 is 1.96 bits per heavy atom. The molecule has 0 bridgehead atoms. The Morgan fingerprint density at radius 3 is 2.64 bits per heavy atom. The van der Waals surface area contributed by atoms with Crippen molar-refractivity contribution >= 4 is 35.7 Å². The molecule has 1 saturated heterocycles. The highest BCUT2D eigenvalue weighted by Gasteiger charge is 2.29. The van der Waals surface area contributed by atoms with E-state index in [1.165, 1.54) is 12.1 Å². The van der Waals surface area contributed by atoms with Gasteiger partial charge < -0.3 is 10.3 Å². The van der Waals surface area contributed by atoms with Crippen molar-refractivity contribution in [3.05, 3.63) is 42.1 Å². The average molecular weight is 370 g/mol. The van der Waals surface area contributed by atoms with Crippen molar-refractivity contribution in [1.82, 2.24) is 15.3 Å². The molecule has 0 radical (unpaired) electrons. The molecule has 130 valence electrons. The van der Waals surface area contributed by atoms with E-state index >= 15 is 0 Å². The summed E-state index contributed by atoms with van der Waals surface area (Å²) >= 11 is 1.62. The van der Waals surface area contributed by atoms with Crippen molar-refractivity contribution in [1.29, 1.82) is 0 Å². The maximum absolute atomic E-state index is 12.5. The summed E-state index contributed by atoms with van der Waals surface area (Å²) in [6.45, 7) is 4.89. The Kier molecular flexibility index (Phi) is 4.25. The molecule has 0 unspecified atom stereocenters. The van der Waals surface area contributed by atoms with E-state index in [1.54, 1.807) is 11.3 Å². The third-order valence-corrected chi connectivity index (χ3v) is 9.46. The molecule has 2 aromatic heterocycles. The van der Waals surface area contributed by atoms with Gasteiger partial charge in [-0.1, -0.05) is 55.5 Å². The normalized spacial score (nSPS) is 17.7. The Balaban J connectivity index is 1.47. The smallest absolute Gasteiger partial charge is 0.268 e. The van der Waals surface area contributed by atoms with Crippen molar-refractivity contribution in [2.75, 3.05) is 0 Å². The highest BCUT2D eigenvalue weighted by atomic mass is 32.1. The first-order chi connectivity index (χ1) is 12.0. The van der Waals surface area contributed by atoms with Crippen molar-refractivity contribution in [3.63, 3.8) is 0 Å². The summed E-state index contributed by atoms with van der Waals surface area (Å²) in [5, 5.41) is 4.18. The number of H-pyrrole nitrogens is 1. The lowest BCUT2D eigenvalue weighted by molar-refractivity contribution is 0.0929. The highest BCUT2D eigenvalue weighted by molar-refractivity contribution is 7.21. The van der Waals surface area contributed by atoms with Gasteiger partial charge in [0.05, 0.1) is 4.70 Å².